The van der Waals surface area contributed by atoms with Crippen LogP contribution in [0.15, 0.2) is 206 Å². The van der Waals surface area contributed by atoms with Crippen LogP contribution in [-0.2, 0) is 0 Å². The molecule has 12 rings (SSSR count). The van der Waals surface area contributed by atoms with E-state index in [1.807, 2.05) is 121 Å². The second kappa shape index (κ2) is 16.0. The molecule has 3 aromatic heterocycles. The summed E-state index contributed by atoms with van der Waals surface area (Å²) in [5.41, 5.74) is 13.0. The molecule has 0 bridgehead atoms. The molecule has 0 atom stereocenters. The quantitative estimate of drug-likeness (QED) is 0.159. The molecule has 306 valence electrons. The van der Waals surface area contributed by atoms with Crippen LogP contribution in [0.4, 0.5) is 0 Å². The van der Waals surface area contributed by atoms with Gasteiger partial charge in [-0.1, -0.05) is 152 Å². The van der Waals surface area contributed by atoms with Crippen molar-refractivity contribution in [2.24, 2.45) is 0 Å². The van der Waals surface area contributed by atoms with Crippen molar-refractivity contribution >= 4 is 53.3 Å². The van der Waals surface area contributed by atoms with Crippen molar-refractivity contribution in [1.82, 2.24) is 19.5 Å². The van der Waals surface area contributed by atoms with E-state index in [0.29, 0.717) is 28.6 Å². The Balaban J connectivity index is 1.18. The molecule has 0 saturated heterocycles. The van der Waals surface area contributed by atoms with Gasteiger partial charge in [-0.05, 0) is 88.0 Å². The predicted molar refractivity (Wildman–Crippen MR) is 269 cm³/mol. The van der Waals surface area contributed by atoms with Crippen LogP contribution in [0.3, 0.4) is 0 Å². The molecule has 0 fully saturated rings. The minimum absolute atomic E-state index is 0.546. The molecule has 9 aromatic carbocycles. The van der Waals surface area contributed by atoms with E-state index in [4.69, 9.17) is 15.0 Å². The number of hydrogen-bond acceptors (Lipinski definition) is 6. The van der Waals surface area contributed by atoms with Gasteiger partial charge >= 0.3 is 0 Å². The first kappa shape index (κ1) is 38.6. The third-order valence-corrected chi connectivity index (χ3v) is 13.6. The highest BCUT2D eigenvalue weighted by Crippen LogP contribution is 2.44. The lowest BCUT2D eigenvalue weighted by Crippen LogP contribution is -2.04. The maximum absolute atomic E-state index is 9.59. The van der Waals surface area contributed by atoms with Crippen molar-refractivity contribution < 1.29 is 0 Å². The van der Waals surface area contributed by atoms with Crippen LogP contribution >= 0.6 is 11.3 Å². The highest BCUT2D eigenvalue weighted by atomic mass is 32.1. The second-order valence-corrected chi connectivity index (χ2v) is 17.3. The van der Waals surface area contributed by atoms with Crippen LogP contribution in [0.1, 0.15) is 11.1 Å². The van der Waals surface area contributed by atoms with Crippen molar-refractivity contribution in [3.05, 3.63) is 217 Å². The minimum atomic E-state index is 0.546. The Bertz CT molecular complexity index is 3760. The van der Waals surface area contributed by atoms with Gasteiger partial charge in [-0.3, -0.25) is 0 Å². The first-order valence-corrected chi connectivity index (χ1v) is 22.4. The smallest absolute Gasteiger partial charge is 0.166 e. The van der Waals surface area contributed by atoms with Crippen LogP contribution in [0.25, 0.3) is 115 Å². The fourth-order valence-electron chi connectivity index (χ4n) is 9.09. The standard InChI is InChI=1S/C59H34N6S/c60-35-37-18-22-39(23-19-37)43-26-29-47-48-30-27-44(40-24-20-38(36-61)21-25-40)34-54(48)65(53(47)33-43)52-31-28-45(46-15-9-16-50-49-14-7-8-17-55(49)66-56(46)50)32-51(52)59-63-57(41-10-3-1-4-11-41)62-58(64-59)42-12-5-2-6-13-42/h1-34H. The lowest BCUT2D eigenvalue weighted by atomic mass is 9.99. The Labute approximate surface area is 384 Å². The topological polar surface area (TPSA) is 91.2 Å². The molecule has 3 heterocycles. The van der Waals surface area contributed by atoms with Gasteiger partial charge in [0.2, 0.25) is 0 Å². The zero-order chi connectivity index (χ0) is 44.1. The first-order valence-electron chi connectivity index (χ1n) is 21.6. The maximum Gasteiger partial charge on any atom is 0.166 e. The number of hydrogen-bond donors (Lipinski definition) is 0. The van der Waals surface area contributed by atoms with E-state index in [9.17, 15) is 10.5 Å². The number of aromatic nitrogens is 4. The van der Waals surface area contributed by atoms with E-state index in [-0.39, 0.29) is 0 Å². The van der Waals surface area contributed by atoms with Gasteiger partial charge in [-0.25, -0.2) is 15.0 Å². The molecule has 12 aromatic rings. The third-order valence-electron chi connectivity index (χ3n) is 12.4. The van der Waals surface area contributed by atoms with Gasteiger partial charge in [-0.2, -0.15) is 10.5 Å². The summed E-state index contributed by atoms with van der Waals surface area (Å²) in [6.45, 7) is 0. The zero-order valence-electron chi connectivity index (χ0n) is 35.2. The molecule has 0 saturated carbocycles. The molecule has 0 N–H and O–H groups in total. The fourth-order valence-corrected chi connectivity index (χ4v) is 10.3. The molecule has 6 nitrogen and oxygen atoms in total. The van der Waals surface area contributed by atoms with Gasteiger partial charge in [0, 0.05) is 47.6 Å². The van der Waals surface area contributed by atoms with Gasteiger partial charge < -0.3 is 4.57 Å². The normalized spacial score (nSPS) is 11.3. The van der Waals surface area contributed by atoms with Crippen molar-refractivity contribution in [1.29, 1.82) is 10.5 Å². The van der Waals surface area contributed by atoms with Crippen LogP contribution in [0.2, 0.25) is 0 Å². The Morgan fingerprint density at radius 3 is 1.44 bits per heavy atom. The summed E-state index contributed by atoms with van der Waals surface area (Å²) in [6, 6.07) is 75.2. The Morgan fingerprint density at radius 1 is 0.364 bits per heavy atom. The molecule has 7 heteroatoms. The van der Waals surface area contributed by atoms with Gasteiger partial charge in [0.1, 0.15) is 0 Å². The summed E-state index contributed by atoms with van der Waals surface area (Å²) in [5.74, 6) is 1.70. The van der Waals surface area contributed by atoms with Gasteiger partial charge in [-0.15, -0.1) is 11.3 Å². The number of nitriles is 2. The highest BCUT2D eigenvalue weighted by molar-refractivity contribution is 7.26. The van der Waals surface area contributed by atoms with Gasteiger partial charge in [0.25, 0.3) is 0 Å². The Hall–Kier alpha value is -9.01. The monoisotopic (exact) mass is 858 g/mol. The second-order valence-electron chi connectivity index (χ2n) is 16.2. The highest BCUT2D eigenvalue weighted by Gasteiger charge is 2.22. The van der Waals surface area contributed by atoms with Crippen molar-refractivity contribution in [2.75, 3.05) is 0 Å². The van der Waals surface area contributed by atoms with Gasteiger partial charge in [0.15, 0.2) is 17.5 Å². The SMILES string of the molecule is N#Cc1ccc(-c2ccc3c4ccc(-c5ccc(C#N)cc5)cc4n(-c4ccc(-c5cccc6c5sc5ccccc56)cc4-c4nc(-c5ccccc5)nc(-c5ccccc5)n4)c3c2)cc1. The lowest BCUT2D eigenvalue weighted by Gasteiger charge is -2.17. The summed E-state index contributed by atoms with van der Waals surface area (Å²) < 4.78 is 4.81. The van der Waals surface area contributed by atoms with E-state index < -0.39 is 0 Å². The predicted octanol–water partition coefficient (Wildman–Crippen LogP) is 15.1. The summed E-state index contributed by atoms with van der Waals surface area (Å²) >= 11 is 1.81. The molecule has 66 heavy (non-hydrogen) atoms. The van der Waals surface area contributed by atoms with Crippen LogP contribution < -0.4 is 0 Å². The van der Waals surface area contributed by atoms with Crippen LogP contribution in [0.5, 0.6) is 0 Å². The molecule has 0 aliphatic rings. The summed E-state index contributed by atoms with van der Waals surface area (Å²) in [4.78, 5) is 15.8. The van der Waals surface area contributed by atoms with Crippen LogP contribution in [0, 0.1) is 22.7 Å². The Kier molecular flexibility index (Phi) is 9.35. The molecule has 0 radical (unpaired) electrons. The summed E-state index contributed by atoms with van der Waals surface area (Å²) in [7, 11) is 0. The van der Waals surface area contributed by atoms with E-state index in [2.05, 4.69) is 114 Å². The number of thiophene rings is 1. The molecule has 0 unspecified atom stereocenters. The van der Waals surface area contributed by atoms with Crippen molar-refractivity contribution in [3.63, 3.8) is 0 Å². The van der Waals surface area contributed by atoms with Crippen molar-refractivity contribution in [3.8, 4) is 85.4 Å². The fraction of sp³-hybridized carbons (Fsp3) is 0. The number of rotatable bonds is 7. The largest absolute Gasteiger partial charge is 0.308 e. The summed E-state index contributed by atoms with van der Waals surface area (Å²) in [5, 5.41) is 23.8. The van der Waals surface area contributed by atoms with Crippen molar-refractivity contribution in [2.45, 2.75) is 0 Å². The molecular weight excluding hydrogens is 825 g/mol. The number of benzene rings is 9. The Morgan fingerprint density at radius 2 is 0.864 bits per heavy atom. The molecular formula is C59H34N6S. The molecule has 0 amide bonds. The number of nitrogens with zero attached hydrogens (tertiary/aromatic N) is 6. The first-order chi connectivity index (χ1) is 32.6. The number of fused-ring (bicyclic) bond motifs is 6. The van der Waals surface area contributed by atoms with E-state index in [1.54, 1.807) is 0 Å². The van der Waals surface area contributed by atoms with E-state index in [0.717, 1.165) is 77.6 Å². The van der Waals surface area contributed by atoms with E-state index >= 15 is 0 Å². The maximum atomic E-state index is 9.59. The third kappa shape index (κ3) is 6.67. The molecule has 0 spiro atoms. The zero-order valence-corrected chi connectivity index (χ0v) is 36.0. The molecule has 0 aliphatic heterocycles. The average Bonchev–Trinajstić information content (AvgIpc) is 3.94. The molecule has 0 aliphatic carbocycles. The van der Waals surface area contributed by atoms with E-state index in [1.165, 1.54) is 20.2 Å². The summed E-state index contributed by atoms with van der Waals surface area (Å²) in [6.07, 6.45) is 0. The van der Waals surface area contributed by atoms with Crippen LogP contribution in [-0.4, -0.2) is 19.5 Å². The minimum Gasteiger partial charge on any atom is -0.308 e. The lowest BCUT2D eigenvalue weighted by molar-refractivity contribution is 1.06. The average molecular weight is 859 g/mol. The van der Waals surface area contributed by atoms with Gasteiger partial charge in [0.05, 0.1) is 40.0 Å².